The summed E-state index contributed by atoms with van der Waals surface area (Å²) >= 11 is 0. The van der Waals surface area contributed by atoms with Crippen LogP contribution >= 0.6 is 0 Å². The predicted molar refractivity (Wildman–Crippen MR) is 228 cm³/mol. The summed E-state index contributed by atoms with van der Waals surface area (Å²) in [6.07, 6.45) is 3.24. The number of nitrogens with zero attached hydrogens (tertiary/aromatic N) is 3. The maximum Gasteiger partial charge on any atom is 0.0798 e. The summed E-state index contributed by atoms with van der Waals surface area (Å²) in [7, 11) is -1.34. The molecule has 5 heteroatoms. The summed E-state index contributed by atoms with van der Waals surface area (Å²) in [6, 6.07) is 57.6. The molecule has 9 rings (SSSR count). The third-order valence-electron chi connectivity index (χ3n) is 9.90. The van der Waals surface area contributed by atoms with E-state index in [1.54, 1.807) is 0 Å². The Morgan fingerprint density at radius 1 is 0.630 bits per heavy atom. The first-order valence-electron chi connectivity index (χ1n) is 18.5. The number of rotatable bonds is 6. The van der Waals surface area contributed by atoms with E-state index in [4.69, 9.17) is 4.98 Å². The molecular formula is C49H43IrN3Si-2. The van der Waals surface area contributed by atoms with Crippen LogP contribution in [0.5, 0.6) is 0 Å². The fraction of sp³-hybridized carbons (Fsp3) is 0.143. The molecule has 0 fully saturated rings. The van der Waals surface area contributed by atoms with E-state index in [9.17, 15) is 0 Å². The van der Waals surface area contributed by atoms with Crippen molar-refractivity contribution in [1.29, 1.82) is 0 Å². The van der Waals surface area contributed by atoms with Crippen LogP contribution in [0.2, 0.25) is 19.6 Å². The van der Waals surface area contributed by atoms with Crippen LogP contribution in [0.1, 0.15) is 19.4 Å². The van der Waals surface area contributed by atoms with Gasteiger partial charge >= 0.3 is 0 Å². The summed E-state index contributed by atoms with van der Waals surface area (Å²) in [4.78, 5) is 9.73. The summed E-state index contributed by atoms with van der Waals surface area (Å²) in [5, 5.41) is 8.99. The van der Waals surface area contributed by atoms with Crippen molar-refractivity contribution in [3.63, 3.8) is 0 Å². The number of hydrogen-bond donors (Lipinski definition) is 0. The van der Waals surface area contributed by atoms with Gasteiger partial charge < -0.3 is 9.55 Å². The predicted octanol–water partition coefficient (Wildman–Crippen LogP) is 12.2. The van der Waals surface area contributed by atoms with Crippen molar-refractivity contribution in [1.82, 2.24) is 14.5 Å². The van der Waals surface area contributed by atoms with Gasteiger partial charge in [0.1, 0.15) is 0 Å². The first-order valence-corrected chi connectivity index (χ1v) is 22.0. The van der Waals surface area contributed by atoms with Crippen molar-refractivity contribution >= 4 is 56.6 Å². The Kier molecular flexibility index (Phi) is 10.8. The molecule has 0 atom stereocenters. The van der Waals surface area contributed by atoms with Crippen LogP contribution in [-0.4, -0.2) is 22.6 Å². The molecular weight excluding hydrogens is 851 g/mol. The van der Waals surface area contributed by atoms with Crippen LogP contribution in [0.4, 0.5) is 0 Å². The van der Waals surface area contributed by atoms with Gasteiger partial charge in [-0.15, -0.1) is 59.7 Å². The Morgan fingerprint density at radius 3 is 1.89 bits per heavy atom. The number of fused-ring (bicyclic) bond motifs is 7. The van der Waals surface area contributed by atoms with Gasteiger partial charge in [0.25, 0.3) is 0 Å². The first kappa shape index (κ1) is 37.1. The molecule has 0 saturated heterocycles. The van der Waals surface area contributed by atoms with E-state index < -0.39 is 8.07 Å². The van der Waals surface area contributed by atoms with Crippen LogP contribution in [0, 0.1) is 18.1 Å². The zero-order valence-corrected chi connectivity index (χ0v) is 34.8. The van der Waals surface area contributed by atoms with Gasteiger partial charge in [-0.3, -0.25) is 4.98 Å². The second-order valence-electron chi connectivity index (χ2n) is 15.2. The molecule has 7 aromatic carbocycles. The van der Waals surface area contributed by atoms with E-state index in [0.717, 1.165) is 45.8 Å². The van der Waals surface area contributed by atoms with E-state index in [0.29, 0.717) is 5.92 Å². The topological polar surface area (TPSA) is 30.7 Å². The molecule has 9 aromatic rings. The van der Waals surface area contributed by atoms with E-state index >= 15 is 0 Å². The van der Waals surface area contributed by atoms with Crippen LogP contribution in [-0.2, 0) is 26.5 Å². The van der Waals surface area contributed by atoms with Gasteiger partial charge in [-0.2, -0.15) is 0 Å². The molecule has 54 heavy (non-hydrogen) atoms. The largest absolute Gasteiger partial charge is 0.333 e. The van der Waals surface area contributed by atoms with Gasteiger partial charge in [0, 0.05) is 32.0 Å². The minimum absolute atomic E-state index is 0. The van der Waals surface area contributed by atoms with E-state index in [-0.39, 0.29) is 20.1 Å². The van der Waals surface area contributed by atoms with Gasteiger partial charge in [-0.25, -0.2) is 0 Å². The fourth-order valence-electron chi connectivity index (χ4n) is 7.50. The third-order valence-corrected chi connectivity index (χ3v) is 12.0. The maximum absolute atomic E-state index is 5.04. The molecule has 0 bridgehead atoms. The SMILES string of the molecule is CC(C)Cc1cc(-c2[c-]cccc2)ncc1[Si](C)(C)C.[Ir].[c-]1cc2c3ccccc3c3ccccc3c2cc1-c1nc2ccccc2n1-c1ccccc1. The number of benzene rings is 7. The normalized spacial score (nSPS) is 11.5. The summed E-state index contributed by atoms with van der Waals surface area (Å²) in [6.45, 7) is 11.7. The first-order chi connectivity index (χ1) is 25.8. The molecule has 0 aliphatic carbocycles. The monoisotopic (exact) mass is 894 g/mol. The third kappa shape index (κ3) is 7.32. The molecule has 0 amide bonds. The van der Waals surface area contributed by atoms with E-state index in [2.05, 4.69) is 177 Å². The maximum atomic E-state index is 5.04. The molecule has 2 heterocycles. The minimum atomic E-state index is -1.34. The second kappa shape index (κ2) is 15.7. The Hall–Kier alpha value is -5.19. The minimum Gasteiger partial charge on any atom is -0.333 e. The number of imidazole rings is 1. The molecule has 0 spiro atoms. The Morgan fingerprint density at radius 2 is 1.24 bits per heavy atom. The second-order valence-corrected chi connectivity index (χ2v) is 20.2. The van der Waals surface area contributed by atoms with E-state index in [1.165, 1.54) is 43.1 Å². The molecule has 1 radical (unpaired) electrons. The zero-order chi connectivity index (χ0) is 36.5. The molecule has 0 unspecified atom stereocenters. The van der Waals surface area contributed by atoms with Crippen LogP contribution in [0.3, 0.4) is 0 Å². The van der Waals surface area contributed by atoms with Gasteiger partial charge in [0.05, 0.1) is 24.9 Å². The number of pyridine rings is 1. The smallest absolute Gasteiger partial charge is 0.0798 e. The summed E-state index contributed by atoms with van der Waals surface area (Å²) in [5.41, 5.74) is 7.76. The Bertz CT molecular complexity index is 2680. The van der Waals surface area contributed by atoms with Crippen molar-refractivity contribution in [3.05, 3.63) is 169 Å². The van der Waals surface area contributed by atoms with E-state index in [1.807, 2.05) is 30.3 Å². The quantitative estimate of drug-likeness (QED) is 0.0946. The van der Waals surface area contributed by atoms with Crippen LogP contribution in [0.25, 0.3) is 71.7 Å². The summed E-state index contributed by atoms with van der Waals surface area (Å²) < 4.78 is 2.23. The summed E-state index contributed by atoms with van der Waals surface area (Å²) in [5.74, 6) is 1.57. The number of hydrogen-bond acceptors (Lipinski definition) is 2. The molecule has 2 aromatic heterocycles. The molecule has 0 aliphatic heterocycles. The molecule has 269 valence electrons. The van der Waals surface area contributed by atoms with Gasteiger partial charge in [-0.05, 0) is 63.6 Å². The number of para-hydroxylation sites is 3. The average Bonchev–Trinajstić information content (AvgIpc) is 3.58. The molecule has 0 N–H and O–H groups in total. The van der Waals surface area contributed by atoms with Gasteiger partial charge in [-0.1, -0.05) is 140 Å². The van der Waals surface area contributed by atoms with Crippen LogP contribution < -0.4 is 5.19 Å². The zero-order valence-electron chi connectivity index (χ0n) is 31.4. The van der Waals surface area contributed by atoms with Crippen molar-refractivity contribution < 1.29 is 20.1 Å². The fourth-order valence-corrected chi connectivity index (χ4v) is 9.09. The standard InChI is InChI=1S/C31H19N2.C18H24NSi.Ir/c1-2-10-22(11-3-1)33-30-17-9-8-16-29(30)32-31(33)21-18-19-27-25-14-5-4-12-23(25)24-13-6-7-15-26(24)28(27)20-21;1-14(2)11-16-12-17(15-9-7-6-8-10-15)19-13-18(16)20(3,4)5;/h1-17,19-20H;6-9,12-14H,11H2,1-5H3;/q2*-1;. The van der Waals surface area contributed by atoms with Crippen molar-refractivity contribution in [2.24, 2.45) is 5.92 Å². The molecule has 3 nitrogen and oxygen atoms in total. The van der Waals surface area contributed by atoms with Gasteiger partial charge in [0.2, 0.25) is 0 Å². The number of aromatic nitrogens is 3. The van der Waals surface area contributed by atoms with Gasteiger partial charge in [0.15, 0.2) is 0 Å². The Labute approximate surface area is 333 Å². The van der Waals surface area contributed by atoms with Crippen molar-refractivity contribution in [3.8, 4) is 28.3 Å². The van der Waals surface area contributed by atoms with Crippen LogP contribution in [0.15, 0.2) is 152 Å². The average molecular weight is 894 g/mol. The molecule has 0 saturated carbocycles. The van der Waals surface area contributed by atoms with Crippen molar-refractivity contribution in [2.75, 3.05) is 0 Å². The Balaban J connectivity index is 0.000000186. The van der Waals surface area contributed by atoms with Crippen molar-refractivity contribution in [2.45, 2.75) is 39.9 Å². The molecule has 0 aliphatic rings.